The molecule has 1 atom stereocenters. The van der Waals surface area contributed by atoms with Crippen LogP contribution in [0.2, 0.25) is 0 Å². The van der Waals surface area contributed by atoms with Crippen LogP contribution in [0.3, 0.4) is 0 Å². The second kappa shape index (κ2) is 13.0. The molecule has 0 aliphatic heterocycles. The maximum absolute atomic E-state index is 13.1. The van der Waals surface area contributed by atoms with Gasteiger partial charge >= 0.3 is 24.8 Å². The van der Waals surface area contributed by atoms with Crippen molar-refractivity contribution in [2.75, 3.05) is 12.0 Å². The Morgan fingerprint density at radius 2 is 1.91 bits per heavy atom. The number of aryl methyl sites for hydroxylation is 1. The van der Waals surface area contributed by atoms with Crippen LogP contribution >= 0.6 is 11.8 Å². The fraction of sp³-hybridized carbons (Fsp3) is 0.192. The van der Waals surface area contributed by atoms with E-state index in [0.717, 1.165) is 16.7 Å². The number of thioether (sulfide) groups is 1. The predicted molar refractivity (Wildman–Crippen MR) is 136 cm³/mol. The van der Waals surface area contributed by atoms with E-state index >= 15 is 0 Å². The first-order valence-electron chi connectivity index (χ1n) is 10.5. The molecule has 172 valence electrons. The summed E-state index contributed by atoms with van der Waals surface area (Å²) in [5, 5.41) is 12.2. The van der Waals surface area contributed by atoms with Crippen LogP contribution in [-0.4, -0.2) is 40.0 Å². The van der Waals surface area contributed by atoms with E-state index in [9.17, 15) is 19.5 Å². The second-order valence-electron chi connectivity index (χ2n) is 7.56. The van der Waals surface area contributed by atoms with Gasteiger partial charge in [0, 0.05) is 29.6 Å². The van der Waals surface area contributed by atoms with Gasteiger partial charge in [-0.25, -0.2) is 4.79 Å². The number of aromatic nitrogens is 1. The summed E-state index contributed by atoms with van der Waals surface area (Å²) in [6, 6.07) is 13.6. The molecule has 0 bridgehead atoms. The molecule has 0 aliphatic carbocycles. The van der Waals surface area contributed by atoms with E-state index in [0.29, 0.717) is 28.9 Å². The molecule has 2 aromatic carbocycles. The minimum Gasteiger partial charge on any atom is -1.00 e. The van der Waals surface area contributed by atoms with Crippen LogP contribution in [0, 0.1) is 6.92 Å². The maximum Gasteiger partial charge on any atom is 1.00 e. The first kappa shape index (κ1) is 27.3. The van der Waals surface area contributed by atoms with Crippen LogP contribution in [0.25, 0.3) is 23.3 Å². The van der Waals surface area contributed by atoms with E-state index in [4.69, 9.17) is 0 Å². The number of benzene rings is 2. The summed E-state index contributed by atoms with van der Waals surface area (Å²) >= 11 is 1.53. The van der Waals surface area contributed by atoms with Gasteiger partial charge in [-0.05, 0) is 65.8 Å². The monoisotopic (exact) mass is 470 g/mol. The summed E-state index contributed by atoms with van der Waals surface area (Å²) in [6.45, 7) is 1.96. The minimum atomic E-state index is -1.05. The zero-order chi connectivity index (χ0) is 23.8. The van der Waals surface area contributed by atoms with Crippen molar-refractivity contribution in [1.82, 2.24) is 10.3 Å². The van der Waals surface area contributed by atoms with Crippen LogP contribution in [0.5, 0.6) is 0 Å². The number of carboxylic acid groups (broad SMARTS) is 1. The van der Waals surface area contributed by atoms with E-state index < -0.39 is 17.9 Å². The Bertz CT molecular complexity index is 1250. The predicted octanol–water partition coefficient (Wildman–Crippen LogP) is 1.57. The molecule has 3 N–H and O–H groups in total. The molecule has 1 aromatic heterocycles. The van der Waals surface area contributed by atoms with Crippen molar-refractivity contribution in [3.05, 3.63) is 93.4 Å². The number of carbonyl (C=O) groups excluding carboxylic acids is 1. The molecule has 0 fully saturated rings. The number of rotatable bonds is 9. The number of hydrogen-bond acceptors (Lipinski definition) is 4. The second-order valence-corrected chi connectivity index (χ2v) is 8.55. The number of H-pyrrole nitrogens is 1. The molecule has 8 heteroatoms. The smallest absolute Gasteiger partial charge is 1.00 e. The molecule has 1 amide bonds. The van der Waals surface area contributed by atoms with Crippen LogP contribution in [0.4, 0.5) is 0 Å². The number of carboxylic acids is 1. The van der Waals surface area contributed by atoms with Gasteiger partial charge in [-0.3, -0.25) is 9.59 Å². The molecular formula is C26H27LiN2O4S. The SMILES string of the molecule is CSCCC(NC(=O)c1ccc(/C=C/c2c[nH]ccc2=O)cc1-c1ccccc1C)C(=O)O.[H-].[Li+]. The minimum absolute atomic E-state index is 0. The van der Waals surface area contributed by atoms with Crippen molar-refractivity contribution in [1.29, 1.82) is 0 Å². The molecule has 0 saturated heterocycles. The van der Waals surface area contributed by atoms with Gasteiger partial charge in [0.1, 0.15) is 6.04 Å². The van der Waals surface area contributed by atoms with Gasteiger partial charge in [0.15, 0.2) is 5.43 Å². The van der Waals surface area contributed by atoms with Crippen LogP contribution < -0.4 is 29.6 Å². The summed E-state index contributed by atoms with van der Waals surface area (Å²) in [4.78, 5) is 39.6. The Kier molecular flexibility index (Phi) is 10.5. The van der Waals surface area contributed by atoms with Crippen LogP contribution in [0.15, 0.2) is 65.7 Å². The Labute approximate surface area is 216 Å². The van der Waals surface area contributed by atoms with Gasteiger partial charge in [-0.1, -0.05) is 36.4 Å². The number of carbonyl (C=O) groups is 2. The molecule has 0 aliphatic rings. The Morgan fingerprint density at radius 1 is 1.15 bits per heavy atom. The molecule has 1 unspecified atom stereocenters. The fourth-order valence-electron chi connectivity index (χ4n) is 3.44. The van der Waals surface area contributed by atoms with E-state index in [1.165, 1.54) is 17.8 Å². The number of hydrogen-bond donors (Lipinski definition) is 3. The number of amides is 1. The average molecular weight is 471 g/mol. The number of aliphatic carboxylic acids is 1. The van der Waals surface area contributed by atoms with Gasteiger partial charge in [0.25, 0.3) is 5.91 Å². The number of aromatic amines is 1. The van der Waals surface area contributed by atoms with Crippen molar-refractivity contribution in [3.63, 3.8) is 0 Å². The standard InChI is InChI=1S/C26H26N2O4S.Li.H/c1-17-5-3-4-6-20(17)22-15-18(7-9-19-16-27-13-11-24(19)29)8-10-21(22)25(30)28-23(26(31)32)12-14-33-2;;/h3-11,13,15-16,23H,12,14H2,1-2H3,(H,27,29)(H,28,30)(H,31,32);;/q;+1;-1/b9-7+;;. The first-order chi connectivity index (χ1) is 15.9. The quantitative estimate of drug-likeness (QED) is 0.413. The third kappa shape index (κ3) is 7.01. The Balaban J connectivity index is 0.00000306. The zero-order valence-corrected chi connectivity index (χ0v) is 20.3. The van der Waals surface area contributed by atoms with Crippen LogP contribution in [-0.2, 0) is 4.79 Å². The molecular weight excluding hydrogens is 443 g/mol. The Morgan fingerprint density at radius 3 is 2.59 bits per heavy atom. The third-order valence-corrected chi connectivity index (χ3v) is 5.89. The van der Waals surface area contributed by atoms with E-state index in [-0.39, 0.29) is 25.7 Å². The molecule has 0 radical (unpaired) electrons. The van der Waals surface area contributed by atoms with Crippen molar-refractivity contribution in [3.8, 4) is 11.1 Å². The molecule has 34 heavy (non-hydrogen) atoms. The van der Waals surface area contributed by atoms with Crippen LogP contribution in [0.1, 0.15) is 34.9 Å². The van der Waals surface area contributed by atoms with Crippen molar-refractivity contribution in [2.45, 2.75) is 19.4 Å². The number of nitrogens with one attached hydrogen (secondary N) is 2. The van der Waals surface area contributed by atoms with E-state index in [2.05, 4.69) is 10.3 Å². The van der Waals surface area contributed by atoms with Crippen molar-refractivity contribution >= 4 is 35.8 Å². The molecule has 0 spiro atoms. The molecule has 1 heterocycles. The normalized spacial score (nSPS) is 11.6. The summed E-state index contributed by atoms with van der Waals surface area (Å²) in [7, 11) is 0. The maximum atomic E-state index is 13.1. The molecule has 0 saturated carbocycles. The van der Waals surface area contributed by atoms with Gasteiger partial charge in [0.2, 0.25) is 0 Å². The molecule has 6 nitrogen and oxygen atoms in total. The zero-order valence-electron chi connectivity index (χ0n) is 20.5. The number of pyridine rings is 1. The summed E-state index contributed by atoms with van der Waals surface area (Å²) in [6.07, 6.45) is 8.97. The average Bonchev–Trinajstić information content (AvgIpc) is 2.81. The van der Waals surface area contributed by atoms with Gasteiger partial charge in [-0.15, -0.1) is 0 Å². The van der Waals surface area contributed by atoms with Crippen molar-refractivity contribution in [2.24, 2.45) is 0 Å². The van der Waals surface area contributed by atoms with E-state index in [1.807, 2.05) is 49.6 Å². The van der Waals surface area contributed by atoms with Gasteiger partial charge < -0.3 is 16.8 Å². The largest absolute Gasteiger partial charge is 1.00 e. The molecule has 3 aromatic rings. The summed E-state index contributed by atoms with van der Waals surface area (Å²) < 4.78 is 0. The van der Waals surface area contributed by atoms with Crippen molar-refractivity contribution < 1.29 is 35.0 Å². The Hall–Kier alpha value is -2.98. The van der Waals surface area contributed by atoms with Gasteiger partial charge in [-0.2, -0.15) is 11.8 Å². The topological polar surface area (TPSA) is 99.3 Å². The summed E-state index contributed by atoms with van der Waals surface area (Å²) in [5.41, 5.74) is 4.21. The van der Waals surface area contributed by atoms with E-state index in [1.54, 1.807) is 30.6 Å². The van der Waals surface area contributed by atoms with Gasteiger partial charge in [0.05, 0.1) is 0 Å². The molecule has 3 rings (SSSR count). The first-order valence-corrected chi connectivity index (χ1v) is 11.9. The summed E-state index contributed by atoms with van der Waals surface area (Å²) in [5.74, 6) is -0.858. The fourth-order valence-corrected chi connectivity index (χ4v) is 3.91. The third-order valence-electron chi connectivity index (χ3n) is 5.25.